The first-order chi connectivity index (χ1) is 13.6. The highest BCUT2D eigenvalue weighted by Gasteiger charge is 2.26. The molecule has 1 amide bonds. The first-order valence-corrected chi connectivity index (χ1v) is 9.38. The second kappa shape index (κ2) is 9.16. The zero-order valence-corrected chi connectivity index (χ0v) is 15.8. The van der Waals surface area contributed by atoms with Crippen LogP contribution in [0.15, 0.2) is 47.7 Å². The highest BCUT2D eigenvalue weighted by molar-refractivity contribution is 5.93. The summed E-state index contributed by atoms with van der Waals surface area (Å²) in [5.41, 5.74) is 1.15. The minimum absolute atomic E-state index is 0.102. The summed E-state index contributed by atoms with van der Waals surface area (Å²) in [6.07, 6.45) is 6.70. The SMILES string of the molecule is CCOC(=O)Cn1cc(NC(=O)[C@H]2CCCN(c3cccnc3)C2)ccc1=O. The molecule has 2 aromatic rings. The van der Waals surface area contributed by atoms with Gasteiger partial charge < -0.3 is 19.5 Å². The quantitative estimate of drug-likeness (QED) is 0.762. The van der Waals surface area contributed by atoms with E-state index in [1.165, 1.54) is 16.8 Å². The smallest absolute Gasteiger partial charge is 0.326 e. The third-order valence-corrected chi connectivity index (χ3v) is 4.66. The van der Waals surface area contributed by atoms with Gasteiger partial charge in [0.25, 0.3) is 5.56 Å². The number of pyridine rings is 2. The maximum absolute atomic E-state index is 12.7. The Labute approximate surface area is 163 Å². The van der Waals surface area contributed by atoms with Gasteiger partial charge in [-0.05, 0) is 38.0 Å². The van der Waals surface area contributed by atoms with E-state index in [2.05, 4.69) is 15.2 Å². The number of hydrogen-bond acceptors (Lipinski definition) is 6. The van der Waals surface area contributed by atoms with Crippen molar-refractivity contribution in [3.8, 4) is 0 Å². The molecule has 2 aromatic heterocycles. The van der Waals surface area contributed by atoms with Crippen molar-refractivity contribution in [2.75, 3.05) is 29.9 Å². The lowest BCUT2D eigenvalue weighted by atomic mass is 9.96. The summed E-state index contributed by atoms with van der Waals surface area (Å²) in [6, 6.07) is 6.74. The average Bonchev–Trinajstić information content (AvgIpc) is 2.71. The molecular weight excluding hydrogens is 360 g/mol. The van der Waals surface area contributed by atoms with Crippen LogP contribution in [-0.2, 0) is 20.9 Å². The zero-order valence-electron chi connectivity index (χ0n) is 15.8. The first-order valence-electron chi connectivity index (χ1n) is 9.38. The van der Waals surface area contributed by atoms with E-state index >= 15 is 0 Å². The van der Waals surface area contributed by atoms with Crippen molar-refractivity contribution in [3.05, 3.63) is 53.2 Å². The maximum Gasteiger partial charge on any atom is 0.326 e. The van der Waals surface area contributed by atoms with Crippen LogP contribution in [0.4, 0.5) is 11.4 Å². The molecule has 8 heteroatoms. The molecule has 1 N–H and O–H groups in total. The molecule has 1 saturated heterocycles. The molecule has 28 heavy (non-hydrogen) atoms. The van der Waals surface area contributed by atoms with Crippen molar-refractivity contribution in [2.45, 2.75) is 26.3 Å². The first kappa shape index (κ1) is 19.6. The number of rotatable bonds is 6. The van der Waals surface area contributed by atoms with E-state index < -0.39 is 5.97 Å². The van der Waals surface area contributed by atoms with Crippen molar-refractivity contribution in [3.63, 3.8) is 0 Å². The number of nitrogens with zero attached hydrogens (tertiary/aromatic N) is 3. The predicted molar refractivity (Wildman–Crippen MR) is 105 cm³/mol. The van der Waals surface area contributed by atoms with Gasteiger partial charge in [0.1, 0.15) is 6.54 Å². The summed E-state index contributed by atoms with van der Waals surface area (Å²) in [5, 5.41) is 2.86. The number of carbonyl (C=O) groups excluding carboxylic acids is 2. The normalized spacial score (nSPS) is 16.5. The molecule has 0 aliphatic carbocycles. The molecule has 0 saturated carbocycles. The second-order valence-electron chi connectivity index (χ2n) is 6.67. The Morgan fingerprint density at radius 1 is 1.32 bits per heavy atom. The van der Waals surface area contributed by atoms with E-state index in [1.54, 1.807) is 25.4 Å². The number of esters is 1. The van der Waals surface area contributed by atoms with Gasteiger partial charge in [-0.1, -0.05) is 0 Å². The van der Waals surface area contributed by atoms with Gasteiger partial charge in [-0.15, -0.1) is 0 Å². The van der Waals surface area contributed by atoms with Gasteiger partial charge in [-0.25, -0.2) is 0 Å². The number of amides is 1. The molecular formula is C20H24N4O4. The number of carbonyl (C=O) groups is 2. The Kier molecular flexibility index (Phi) is 6.41. The topological polar surface area (TPSA) is 93.5 Å². The van der Waals surface area contributed by atoms with Gasteiger partial charge in [0.2, 0.25) is 5.91 Å². The second-order valence-corrected chi connectivity index (χ2v) is 6.67. The fraction of sp³-hybridized carbons (Fsp3) is 0.400. The zero-order chi connectivity index (χ0) is 19.9. The number of ether oxygens (including phenoxy) is 1. The van der Waals surface area contributed by atoms with Crippen molar-refractivity contribution in [2.24, 2.45) is 5.92 Å². The predicted octanol–water partition coefficient (Wildman–Crippen LogP) is 1.66. The Morgan fingerprint density at radius 3 is 2.93 bits per heavy atom. The molecule has 1 fully saturated rings. The Bertz CT molecular complexity index is 881. The van der Waals surface area contributed by atoms with Gasteiger partial charge in [-0.3, -0.25) is 19.4 Å². The lowest BCUT2D eigenvalue weighted by molar-refractivity contribution is -0.143. The van der Waals surface area contributed by atoms with Gasteiger partial charge in [0.05, 0.1) is 30.1 Å². The standard InChI is InChI=1S/C20H24N4O4/c1-2-28-19(26)14-24-13-16(7-8-18(24)25)22-20(27)15-5-4-10-23(12-15)17-6-3-9-21-11-17/h3,6-9,11,13,15H,2,4-5,10,12,14H2,1H3,(H,22,27)/t15-/m0/s1. The van der Waals surface area contributed by atoms with Crippen LogP contribution < -0.4 is 15.8 Å². The summed E-state index contributed by atoms with van der Waals surface area (Å²) in [7, 11) is 0. The number of hydrogen-bond donors (Lipinski definition) is 1. The average molecular weight is 384 g/mol. The summed E-state index contributed by atoms with van der Waals surface area (Å²) >= 11 is 0. The van der Waals surface area contributed by atoms with Gasteiger partial charge in [0.15, 0.2) is 0 Å². The summed E-state index contributed by atoms with van der Waals surface area (Å²) in [5.74, 6) is -0.762. The fourth-order valence-corrected chi connectivity index (χ4v) is 3.29. The van der Waals surface area contributed by atoms with E-state index in [9.17, 15) is 14.4 Å². The Morgan fingerprint density at radius 2 is 2.18 bits per heavy atom. The third-order valence-electron chi connectivity index (χ3n) is 4.66. The van der Waals surface area contributed by atoms with Crippen LogP contribution in [0.5, 0.6) is 0 Å². The number of nitrogens with one attached hydrogen (secondary N) is 1. The van der Waals surface area contributed by atoms with Crippen LogP contribution in [0.3, 0.4) is 0 Å². The van der Waals surface area contributed by atoms with Crippen molar-refractivity contribution >= 4 is 23.3 Å². The monoisotopic (exact) mass is 384 g/mol. The van der Waals surface area contributed by atoms with Crippen LogP contribution in [0.25, 0.3) is 0 Å². The van der Waals surface area contributed by atoms with E-state index in [0.717, 1.165) is 25.1 Å². The molecule has 8 nitrogen and oxygen atoms in total. The lowest BCUT2D eigenvalue weighted by Crippen LogP contribution is -2.41. The fourth-order valence-electron chi connectivity index (χ4n) is 3.29. The molecule has 3 heterocycles. The maximum atomic E-state index is 12.7. The van der Waals surface area contributed by atoms with Crippen molar-refractivity contribution in [1.82, 2.24) is 9.55 Å². The van der Waals surface area contributed by atoms with E-state index in [4.69, 9.17) is 4.74 Å². The summed E-state index contributed by atoms with van der Waals surface area (Å²) < 4.78 is 6.11. The van der Waals surface area contributed by atoms with Gasteiger partial charge >= 0.3 is 5.97 Å². The molecule has 1 aliphatic rings. The van der Waals surface area contributed by atoms with Crippen molar-refractivity contribution in [1.29, 1.82) is 0 Å². The van der Waals surface area contributed by atoms with Gasteiger partial charge in [-0.2, -0.15) is 0 Å². The van der Waals surface area contributed by atoms with E-state index in [-0.39, 0.29) is 30.5 Å². The largest absolute Gasteiger partial charge is 0.465 e. The van der Waals surface area contributed by atoms with Crippen LogP contribution in [-0.4, -0.2) is 41.1 Å². The Balaban J connectivity index is 1.65. The van der Waals surface area contributed by atoms with E-state index in [1.807, 2.05) is 12.1 Å². The Hall–Kier alpha value is -3.16. The molecule has 0 bridgehead atoms. The van der Waals surface area contributed by atoms with E-state index in [0.29, 0.717) is 12.2 Å². The molecule has 0 aromatic carbocycles. The molecule has 148 valence electrons. The van der Waals surface area contributed by atoms with Crippen LogP contribution in [0, 0.1) is 5.92 Å². The molecule has 1 aliphatic heterocycles. The number of aromatic nitrogens is 2. The minimum Gasteiger partial charge on any atom is -0.465 e. The minimum atomic E-state index is -0.493. The summed E-state index contributed by atoms with van der Waals surface area (Å²) in [6.45, 7) is 3.27. The molecule has 0 unspecified atom stereocenters. The third kappa shape index (κ3) is 4.97. The van der Waals surface area contributed by atoms with Crippen LogP contribution in [0.2, 0.25) is 0 Å². The molecule has 1 atom stereocenters. The molecule has 0 spiro atoms. The van der Waals surface area contributed by atoms with Crippen molar-refractivity contribution < 1.29 is 14.3 Å². The van der Waals surface area contributed by atoms with Crippen LogP contribution in [0.1, 0.15) is 19.8 Å². The lowest BCUT2D eigenvalue weighted by Gasteiger charge is -2.33. The highest BCUT2D eigenvalue weighted by Crippen LogP contribution is 2.23. The molecule has 0 radical (unpaired) electrons. The van der Waals surface area contributed by atoms with Gasteiger partial charge in [0, 0.05) is 31.5 Å². The summed E-state index contributed by atoms with van der Waals surface area (Å²) in [4.78, 5) is 42.6. The number of piperidine rings is 1. The molecule has 3 rings (SSSR count). The van der Waals surface area contributed by atoms with Crippen LogP contribution >= 0.6 is 0 Å². The highest BCUT2D eigenvalue weighted by atomic mass is 16.5. The number of anilines is 2.